The summed E-state index contributed by atoms with van der Waals surface area (Å²) in [4.78, 5) is 23.8. The summed E-state index contributed by atoms with van der Waals surface area (Å²) in [5, 5.41) is 2.49. The van der Waals surface area contributed by atoms with Crippen molar-refractivity contribution < 1.29 is 27.5 Å². The van der Waals surface area contributed by atoms with Gasteiger partial charge in [0, 0.05) is 19.8 Å². The van der Waals surface area contributed by atoms with E-state index in [1.165, 1.54) is 32.3 Å². The van der Waals surface area contributed by atoms with E-state index in [9.17, 15) is 18.0 Å². The summed E-state index contributed by atoms with van der Waals surface area (Å²) in [5.74, 6) is -0.750. The van der Waals surface area contributed by atoms with Crippen molar-refractivity contribution in [3.63, 3.8) is 0 Å². The van der Waals surface area contributed by atoms with E-state index in [0.29, 0.717) is 5.75 Å². The molecule has 30 heavy (non-hydrogen) atoms. The van der Waals surface area contributed by atoms with E-state index in [1.807, 2.05) is 32.0 Å². The molecule has 2 aromatic carbocycles. The van der Waals surface area contributed by atoms with Gasteiger partial charge in [-0.2, -0.15) is 0 Å². The van der Waals surface area contributed by atoms with Gasteiger partial charge in [-0.3, -0.25) is 4.79 Å². The molecule has 162 valence electrons. The Balaban J connectivity index is 1.93. The number of nitrogens with one attached hydrogen (secondary N) is 1. The van der Waals surface area contributed by atoms with Gasteiger partial charge in [-0.1, -0.05) is 29.8 Å². The molecular formula is C20H23ClN2O6S. The van der Waals surface area contributed by atoms with Crippen molar-refractivity contribution in [2.75, 3.05) is 32.6 Å². The van der Waals surface area contributed by atoms with Gasteiger partial charge in [-0.15, -0.1) is 0 Å². The van der Waals surface area contributed by atoms with Gasteiger partial charge in [0.1, 0.15) is 10.6 Å². The van der Waals surface area contributed by atoms with Gasteiger partial charge in [0.25, 0.3) is 5.91 Å². The lowest BCUT2D eigenvalue weighted by atomic mass is 10.1. The predicted octanol–water partition coefficient (Wildman–Crippen LogP) is 2.77. The maximum absolute atomic E-state index is 12.3. The number of esters is 1. The Morgan fingerprint density at radius 3 is 2.30 bits per heavy atom. The monoisotopic (exact) mass is 454 g/mol. The number of rotatable bonds is 8. The van der Waals surface area contributed by atoms with E-state index in [4.69, 9.17) is 21.1 Å². The van der Waals surface area contributed by atoms with Crippen LogP contribution in [-0.4, -0.2) is 51.9 Å². The zero-order valence-electron chi connectivity index (χ0n) is 17.1. The summed E-state index contributed by atoms with van der Waals surface area (Å²) in [7, 11) is -1.04. The molecule has 0 saturated heterocycles. The molecule has 0 spiro atoms. The van der Waals surface area contributed by atoms with Crippen LogP contribution in [0.1, 0.15) is 11.1 Å². The van der Waals surface area contributed by atoms with Crippen LogP contribution in [0.3, 0.4) is 0 Å². The van der Waals surface area contributed by atoms with Crippen LogP contribution in [0, 0.1) is 13.8 Å². The molecule has 0 bridgehead atoms. The highest BCUT2D eigenvalue weighted by Crippen LogP contribution is 2.27. The second-order valence-corrected chi connectivity index (χ2v) is 9.18. The number of sulfonamides is 1. The summed E-state index contributed by atoms with van der Waals surface area (Å²) >= 11 is 5.97. The standard InChI is InChI=1S/C20H23ClN2O6S/c1-13-6-5-7-14(2)20(13)29-12-19(25)28-11-18(24)22-15-8-9-16(21)17(10-15)30(26,27)23(3)4/h5-10H,11-12H2,1-4H3,(H,22,24). The molecule has 1 N–H and O–H groups in total. The lowest BCUT2D eigenvalue weighted by molar-refractivity contribution is -0.149. The summed E-state index contributed by atoms with van der Waals surface area (Å²) in [6.45, 7) is 2.83. The summed E-state index contributed by atoms with van der Waals surface area (Å²) in [5.41, 5.74) is 1.96. The molecule has 0 fully saturated rings. The minimum atomic E-state index is -3.78. The van der Waals surface area contributed by atoms with E-state index in [0.717, 1.165) is 15.4 Å². The second kappa shape index (κ2) is 9.92. The number of amides is 1. The van der Waals surface area contributed by atoms with Crippen LogP contribution in [0.15, 0.2) is 41.3 Å². The maximum atomic E-state index is 12.3. The van der Waals surface area contributed by atoms with E-state index in [1.54, 1.807) is 0 Å². The van der Waals surface area contributed by atoms with Gasteiger partial charge in [0.05, 0.1) is 5.02 Å². The molecule has 10 heteroatoms. The quantitative estimate of drug-likeness (QED) is 0.615. The Hall–Kier alpha value is -2.62. The minimum Gasteiger partial charge on any atom is -0.481 e. The SMILES string of the molecule is Cc1cccc(C)c1OCC(=O)OCC(=O)Nc1ccc(Cl)c(S(=O)(=O)N(C)C)c1. The first-order chi connectivity index (χ1) is 14.0. The molecule has 0 heterocycles. The largest absolute Gasteiger partial charge is 0.481 e. The number of halogens is 1. The maximum Gasteiger partial charge on any atom is 0.344 e. The van der Waals surface area contributed by atoms with Crippen LogP contribution in [0.2, 0.25) is 5.02 Å². The van der Waals surface area contributed by atoms with Gasteiger partial charge in [-0.25, -0.2) is 17.5 Å². The number of nitrogens with zero attached hydrogens (tertiary/aromatic N) is 1. The Labute approximate surface area is 180 Å². The first kappa shape index (κ1) is 23.7. The predicted molar refractivity (Wildman–Crippen MR) is 113 cm³/mol. The summed E-state index contributed by atoms with van der Waals surface area (Å²) < 4.78 is 36.0. The van der Waals surface area contributed by atoms with Crippen molar-refractivity contribution in [1.29, 1.82) is 0 Å². The van der Waals surface area contributed by atoms with Crippen molar-refractivity contribution in [2.24, 2.45) is 0 Å². The molecule has 0 aliphatic carbocycles. The molecule has 0 atom stereocenters. The average molecular weight is 455 g/mol. The molecule has 0 aromatic heterocycles. The lowest BCUT2D eigenvalue weighted by Crippen LogP contribution is -2.25. The molecule has 0 aliphatic rings. The van der Waals surface area contributed by atoms with Crippen LogP contribution in [0.5, 0.6) is 5.75 Å². The Morgan fingerprint density at radius 2 is 1.70 bits per heavy atom. The Bertz CT molecular complexity index is 1030. The van der Waals surface area contributed by atoms with Gasteiger partial charge in [-0.05, 0) is 43.2 Å². The number of anilines is 1. The van der Waals surface area contributed by atoms with Crippen LogP contribution in [-0.2, 0) is 24.3 Å². The number of carbonyl (C=O) groups is 2. The molecule has 0 saturated carbocycles. The highest BCUT2D eigenvalue weighted by atomic mass is 35.5. The van der Waals surface area contributed by atoms with Crippen LogP contribution in [0.4, 0.5) is 5.69 Å². The van der Waals surface area contributed by atoms with E-state index in [2.05, 4.69) is 5.32 Å². The van der Waals surface area contributed by atoms with Gasteiger partial charge >= 0.3 is 5.97 Å². The molecule has 1 amide bonds. The number of para-hydroxylation sites is 1. The fourth-order valence-corrected chi connectivity index (χ4v) is 3.91. The molecule has 2 aromatic rings. The second-order valence-electron chi connectivity index (χ2n) is 6.65. The third kappa shape index (κ3) is 5.94. The van der Waals surface area contributed by atoms with Crippen molar-refractivity contribution in [3.05, 3.63) is 52.5 Å². The number of carbonyl (C=O) groups excluding carboxylic acids is 2. The Kier molecular flexibility index (Phi) is 7.83. The first-order valence-corrected chi connectivity index (χ1v) is 10.7. The topological polar surface area (TPSA) is 102 Å². The average Bonchev–Trinajstić information content (AvgIpc) is 2.67. The third-order valence-corrected chi connectivity index (χ3v) is 6.38. The zero-order valence-corrected chi connectivity index (χ0v) is 18.6. The van der Waals surface area contributed by atoms with Gasteiger partial charge in [0.15, 0.2) is 13.2 Å². The molecule has 2 rings (SSSR count). The number of hydrogen-bond acceptors (Lipinski definition) is 6. The van der Waals surface area contributed by atoms with Crippen molar-refractivity contribution in [2.45, 2.75) is 18.7 Å². The van der Waals surface area contributed by atoms with Crippen molar-refractivity contribution >= 4 is 39.2 Å². The third-order valence-electron chi connectivity index (χ3n) is 4.08. The smallest absolute Gasteiger partial charge is 0.344 e. The van der Waals surface area contributed by atoms with Crippen molar-refractivity contribution in [3.8, 4) is 5.75 Å². The number of aryl methyl sites for hydroxylation is 2. The van der Waals surface area contributed by atoms with Crippen LogP contribution >= 0.6 is 11.6 Å². The van der Waals surface area contributed by atoms with E-state index >= 15 is 0 Å². The van der Waals surface area contributed by atoms with Gasteiger partial charge in [0.2, 0.25) is 10.0 Å². The molecular weight excluding hydrogens is 432 g/mol. The zero-order chi connectivity index (χ0) is 22.5. The van der Waals surface area contributed by atoms with Crippen LogP contribution < -0.4 is 10.1 Å². The molecule has 0 radical (unpaired) electrons. The van der Waals surface area contributed by atoms with E-state index in [-0.39, 0.29) is 22.2 Å². The Morgan fingerprint density at radius 1 is 1.07 bits per heavy atom. The van der Waals surface area contributed by atoms with E-state index < -0.39 is 28.5 Å². The summed E-state index contributed by atoms with van der Waals surface area (Å²) in [6, 6.07) is 9.64. The molecule has 0 unspecified atom stereocenters. The number of hydrogen-bond donors (Lipinski definition) is 1. The summed E-state index contributed by atoms with van der Waals surface area (Å²) in [6.07, 6.45) is 0. The number of benzene rings is 2. The highest BCUT2D eigenvalue weighted by molar-refractivity contribution is 7.89. The van der Waals surface area contributed by atoms with Crippen molar-refractivity contribution in [1.82, 2.24) is 4.31 Å². The molecule has 0 aliphatic heterocycles. The fourth-order valence-electron chi connectivity index (χ4n) is 2.52. The van der Waals surface area contributed by atoms with Crippen LogP contribution in [0.25, 0.3) is 0 Å². The highest BCUT2D eigenvalue weighted by Gasteiger charge is 2.21. The van der Waals surface area contributed by atoms with Gasteiger partial charge < -0.3 is 14.8 Å². The lowest BCUT2D eigenvalue weighted by Gasteiger charge is -2.14. The first-order valence-electron chi connectivity index (χ1n) is 8.89. The number of ether oxygens (including phenoxy) is 2. The molecule has 8 nitrogen and oxygen atoms in total. The normalized spacial score (nSPS) is 11.3. The minimum absolute atomic E-state index is 0.0248. The fraction of sp³-hybridized carbons (Fsp3) is 0.300.